The minimum atomic E-state index is -1.77. The molecule has 0 fully saturated rings. The molecule has 1 aromatic heterocycles. The van der Waals surface area contributed by atoms with Gasteiger partial charge in [0.1, 0.15) is 78.5 Å². The molecule has 0 saturated heterocycles. The van der Waals surface area contributed by atoms with Crippen molar-refractivity contribution in [3.63, 3.8) is 0 Å². The third kappa shape index (κ3) is 39.4. The molecular formula is C88H122N18O23S2. The van der Waals surface area contributed by atoms with E-state index >= 15 is 4.79 Å². The number of benzene rings is 4. The van der Waals surface area contributed by atoms with Crippen molar-refractivity contribution < 1.29 is 112 Å². The first-order valence-corrected chi connectivity index (χ1v) is 44.8. The number of aliphatic carboxylic acids is 4. The maximum atomic E-state index is 15.1. The van der Waals surface area contributed by atoms with Gasteiger partial charge in [-0.2, -0.15) is 24.4 Å². The van der Waals surface area contributed by atoms with E-state index < -0.39 is 260 Å². The second-order valence-electron chi connectivity index (χ2n) is 32.3. The Morgan fingerprint density at radius 2 is 0.756 bits per heavy atom. The highest BCUT2D eigenvalue weighted by atomic mass is 32.2. The summed E-state index contributed by atoms with van der Waals surface area (Å²) in [5, 5.41) is 74.9. The molecule has 1 heterocycles. The molecule has 15 amide bonds. The molecule has 4 aromatic carbocycles. The maximum absolute atomic E-state index is 15.1. The summed E-state index contributed by atoms with van der Waals surface area (Å²) in [5.41, 5.74) is 19.9. The van der Waals surface area contributed by atoms with Crippen LogP contribution in [0.1, 0.15) is 140 Å². The summed E-state index contributed by atoms with van der Waals surface area (Å²) < 4.78 is 0. The van der Waals surface area contributed by atoms with Crippen molar-refractivity contribution in [3.05, 3.63) is 144 Å². The summed E-state index contributed by atoms with van der Waals surface area (Å²) >= 11 is 5.71. The number of carbonyl (C=O) groups is 19. The Balaban J connectivity index is 1.38. The summed E-state index contributed by atoms with van der Waals surface area (Å²) in [6.45, 7) is 7.34. The van der Waals surface area contributed by atoms with Crippen LogP contribution < -0.4 is 91.6 Å². The first kappa shape index (κ1) is 108. The average Bonchev–Trinajstić information content (AvgIpc) is 1.67. The molecule has 5 rings (SSSR count). The van der Waals surface area contributed by atoms with Crippen LogP contribution in [0.25, 0.3) is 10.9 Å². The number of carbonyl (C=O) groups excluding carboxylic acids is 15. The first-order valence-electron chi connectivity index (χ1n) is 42.8. The minimum Gasteiger partial charge on any atom is -0.481 e. The zero-order valence-electron chi connectivity index (χ0n) is 73.8. The molecular weight excluding hydrogens is 1740 g/mol. The number of hydrogen-bond donors (Lipinski definition) is 23. The van der Waals surface area contributed by atoms with E-state index in [0.29, 0.717) is 33.2 Å². The van der Waals surface area contributed by atoms with Gasteiger partial charge < -0.3 is 117 Å². The van der Waals surface area contributed by atoms with Crippen molar-refractivity contribution in [3.8, 4) is 0 Å². The molecule has 131 heavy (non-hydrogen) atoms. The van der Waals surface area contributed by atoms with Gasteiger partial charge in [0.2, 0.25) is 88.6 Å². The number of rotatable bonds is 60. The summed E-state index contributed by atoms with van der Waals surface area (Å²) in [7, 11) is 0. The largest absolute Gasteiger partial charge is 0.481 e. The SMILES string of the molecule is CSCC[C@H](NC(=O)[C@H](CCC(N)=O)NC(=O)[C@H](C)NC(=O)[C@H](CC(C)C)NC(=O)[C@@H](N)CC(=O)O)C(=O)N[C@@H](Cc1ccccc1)C(=O)N[C@@H](Cc1ccccc1)C(=O)N[C@@H](CS)C(=O)N[C@@H](Cc1ccccc1)C(=O)N[C@@H](CCCCN)C(=O)N[C@@H](CCC(=O)O)C(=O)N[C@@H](CC(C)C)C(=O)N[C@@H](CCC(=O)O)C(=O)NCC(=O)N[C@@H](Cc1c[nH]c2ccccc12)C(=O)O. The van der Waals surface area contributed by atoms with E-state index in [0.717, 1.165) is 0 Å². The lowest BCUT2D eigenvalue weighted by Crippen LogP contribution is -2.61. The first-order chi connectivity index (χ1) is 62.2. The maximum Gasteiger partial charge on any atom is 0.326 e. The van der Waals surface area contributed by atoms with E-state index in [-0.39, 0.29) is 82.4 Å². The molecule has 0 unspecified atom stereocenters. The van der Waals surface area contributed by atoms with E-state index in [9.17, 15) is 107 Å². The van der Waals surface area contributed by atoms with Crippen LogP contribution >= 0.6 is 24.4 Å². The summed E-state index contributed by atoms with van der Waals surface area (Å²) in [4.78, 5) is 263. The van der Waals surface area contributed by atoms with Gasteiger partial charge in [0, 0.05) is 67.8 Å². The van der Waals surface area contributed by atoms with Crippen molar-refractivity contribution in [2.24, 2.45) is 29.0 Å². The van der Waals surface area contributed by atoms with Crippen molar-refractivity contribution in [2.75, 3.05) is 30.9 Å². The molecule has 714 valence electrons. The summed E-state index contributed by atoms with van der Waals surface area (Å²) in [5.74, 6) is -21.2. The number of aromatic nitrogens is 1. The van der Waals surface area contributed by atoms with Gasteiger partial charge in [0.15, 0.2) is 0 Å². The van der Waals surface area contributed by atoms with Gasteiger partial charge in [-0.25, -0.2) is 4.79 Å². The zero-order chi connectivity index (χ0) is 97.0. The van der Waals surface area contributed by atoms with E-state index in [1.54, 1.807) is 155 Å². The number of carboxylic acid groups (broad SMARTS) is 4. The fourth-order valence-electron chi connectivity index (χ4n) is 13.6. The number of thiol groups is 1. The van der Waals surface area contributed by atoms with Crippen LogP contribution in [0.3, 0.4) is 0 Å². The van der Waals surface area contributed by atoms with Crippen molar-refractivity contribution in [1.29, 1.82) is 0 Å². The van der Waals surface area contributed by atoms with Crippen molar-refractivity contribution >= 4 is 148 Å². The summed E-state index contributed by atoms with van der Waals surface area (Å²) in [6, 6.07) is 10.3. The predicted molar refractivity (Wildman–Crippen MR) is 485 cm³/mol. The lowest BCUT2D eigenvalue weighted by molar-refractivity contribution is -0.142. The average molecular weight is 1860 g/mol. The highest BCUT2D eigenvalue weighted by Gasteiger charge is 2.39. The topological polar surface area (TPSA) is 668 Å². The van der Waals surface area contributed by atoms with Crippen LogP contribution in [0, 0.1) is 11.8 Å². The smallest absolute Gasteiger partial charge is 0.326 e. The fraction of sp³-hybridized carbons (Fsp3) is 0.489. The number of primary amides is 1. The quantitative estimate of drug-likeness (QED) is 0.0158. The molecule has 0 aliphatic carbocycles. The number of nitrogens with two attached hydrogens (primary N) is 3. The number of unbranched alkanes of at least 4 members (excludes halogenated alkanes) is 1. The molecule has 25 N–H and O–H groups in total. The van der Waals surface area contributed by atoms with Crippen LogP contribution in [0.2, 0.25) is 0 Å². The third-order valence-electron chi connectivity index (χ3n) is 20.6. The Morgan fingerprint density at radius 3 is 1.18 bits per heavy atom. The Kier molecular flexibility index (Phi) is 46.7. The highest BCUT2D eigenvalue weighted by molar-refractivity contribution is 7.98. The van der Waals surface area contributed by atoms with E-state index in [4.69, 9.17) is 17.2 Å². The lowest BCUT2D eigenvalue weighted by Gasteiger charge is -2.28. The number of thioether (sulfide) groups is 1. The molecule has 0 saturated carbocycles. The molecule has 0 radical (unpaired) electrons. The zero-order valence-corrected chi connectivity index (χ0v) is 75.5. The molecule has 0 aliphatic heterocycles. The lowest BCUT2D eigenvalue weighted by atomic mass is 10.0. The second-order valence-corrected chi connectivity index (χ2v) is 33.6. The number of H-pyrrole nitrogens is 1. The number of nitrogens with one attached hydrogen (secondary N) is 15. The predicted octanol–water partition coefficient (Wildman–Crippen LogP) is -1.34. The Bertz CT molecular complexity index is 4720. The fourth-order valence-corrected chi connectivity index (χ4v) is 14.3. The van der Waals surface area contributed by atoms with Gasteiger partial charge in [-0.1, -0.05) is 137 Å². The van der Waals surface area contributed by atoms with E-state index in [1.165, 1.54) is 18.7 Å². The van der Waals surface area contributed by atoms with Crippen LogP contribution in [-0.2, 0) is 117 Å². The Morgan fingerprint density at radius 1 is 0.389 bits per heavy atom. The number of para-hydroxylation sites is 1. The van der Waals surface area contributed by atoms with Crippen molar-refractivity contribution in [1.82, 2.24) is 79.4 Å². The normalized spacial score (nSPS) is 14.3. The van der Waals surface area contributed by atoms with Gasteiger partial charge in [-0.05, 0) is 123 Å². The van der Waals surface area contributed by atoms with E-state index in [2.05, 4.69) is 92.0 Å². The van der Waals surface area contributed by atoms with Crippen molar-refractivity contribution in [2.45, 2.75) is 228 Å². The van der Waals surface area contributed by atoms with Gasteiger partial charge in [-0.3, -0.25) is 86.3 Å². The number of amides is 15. The molecule has 0 aliphatic rings. The monoisotopic (exact) mass is 1860 g/mol. The Hall–Kier alpha value is -13.0. The van der Waals surface area contributed by atoms with Crippen LogP contribution in [0.15, 0.2) is 121 Å². The number of carboxylic acids is 4. The molecule has 41 nitrogen and oxygen atoms in total. The van der Waals surface area contributed by atoms with Gasteiger partial charge in [0.05, 0.1) is 19.0 Å². The highest BCUT2D eigenvalue weighted by Crippen LogP contribution is 2.21. The van der Waals surface area contributed by atoms with Crippen LogP contribution in [0.5, 0.6) is 0 Å². The number of fused-ring (bicyclic) bond motifs is 1. The standard InChI is InChI=1S/C88H122N18O23S2/c1-48(2)38-63(101-76(116)56(90)44-74(113)114)82(122)94-50(5)75(115)96-60(29-32-70(91)107)79(119)100-62(35-37-131-6)81(121)103-66(41-52-22-12-8-13-23-52)85(125)104-67(42-53-24-14-9-15-25-53)86(126)106-69(47-130)87(127)105-65(40-51-20-10-7-11-21-51)84(124)97-58(28-18-19-36-89)78(118)99-61(31-34-73(111)112)80(120)102-64(39-49(3)4)83(123)98-59(30-33-72(109)110)77(117)93-46-71(108)95-68(88(128)129)43-54-45-92-57-27-17-16-26-55(54)57/h7-17,20-27,45,48-50,56,58-69,92,130H,18-19,28-44,46-47,89-90H2,1-6H3,(H2,91,107)(H,93,117)(H,94,122)(H,95,108)(H,96,115)(H,97,124)(H,98,123)(H,99,118)(H,100,119)(H,101,116)(H,102,120)(H,103,121)(H,104,125)(H,105,127)(H,106,126)(H,109,110)(H,111,112)(H,113,114)(H,128,129)/t50-,56-,58-,59-,60-,61-,62-,63-,64-,65-,66-,67-,68-,69-/m0/s1. The molecule has 0 bridgehead atoms. The summed E-state index contributed by atoms with van der Waals surface area (Å²) in [6.07, 6.45) is -1.77. The van der Waals surface area contributed by atoms with Crippen LogP contribution in [0.4, 0.5) is 0 Å². The number of hydrogen-bond acceptors (Lipinski definition) is 23. The van der Waals surface area contributed by atoms with Gasteiger partial charge >= 0.3 is 23.9 Å². The molecule has 14 atom stereocenters. The van der Waals surface area contributed by atoms with Gasteiger partial charge in [-0.15, -0.1) is 0 Å². The van der Waals surface area contributed by atoms with Gasteiger partial charge in [0.25, 0.3) is 0 Å². The molecule has 5 aromatic rings. The molecule has 0 spiro atoms. The third-order valence-corrected chi connectivity index (χ3v) is 21.6. The van der Waals surface area contributed by atoms with Crippen LogP contribution in [-0.4, -0.2) is 253 Å². The molecule has 43 heteroatoms. The Labute approximate surface area is 766 Å². The van der Waals surface area contributed by atoms with E-state index in [1.807, 2.05) is 0 Å². The minimum absolute atomic E-state index is 0.0301. The second kappa shape index (κ2) is 56.4. The number of aromatic amines is 1.